The van der Waals surface area contributed by atoms with Crippen LogP contribution in [0.3, 0.4) is 0 Å². The molecule has 1 aromatic rings. The minimum absolute atomic E-state index is 0.216. The lowest BCUT2D eigenvalue weighted by molar-refractivity contribution is 0.165. The monoisotopic (exact) mass is 318 g/mol. The van der Waals surface area contributed by atoms with E-state index in [1.165, 1.54) is 24.8 Å². The maximum Gasteiger partial charge on any atom is 0.188 e. The standard InChI is InChI=1S/C18H30N4O/c1-3-11-20-18(19)21-14-16(22-12-7-4-8-13-22)15-9-5-6-10-17(15)23-2/h5-6,9-10,16H,3-4,7-8,11-14H2,1-2H3,(H3,19,20,21). The molecule has 128 valence electrons. The number of hydrogen-bond donors (Lipinski definition) is 2. The van der Waals surface area contributed by atoms with Crippen LogP contribution in [0, 0.1) is 0 Å². The van der Waals surface area contributed by atoms with E-state index in [1.54, 1.807) is 7.11 Å². The lowest BCUT2D eigenvalue weighted by Crippen LogP contribution is -2.37. The Kier molecular flexibility index (Phi) is 7.20. The topological polar surface area (TPSA) is 62.9 Å². The molecule has 23 heavy (non-hydrogen) atoms. The number of ether oxygens (including phenoxy) is 1. The number of nitrogens with zero attached hydrogens (tertiary/aromatic N) is 2. The zero-order valence-electron chi connectivity index (χ0n) is 14.4. The van der Waals surface area contributed by atoms with Crippen LogP contribution in [0.15, 0.2) is 29.3 Å². The highest BCUT2D eigenvalue weighted by Crippen LogP contribution is 2.31. The van der Waals surface area contributed by atoms with Crippen molar-refractivity contribution in [2.24, 2.45) is 10.7 Å². The molecule has 1 aliphatic rings. The van der Waals surface area contributed by atoms with Crippen LogP contribution < -0.4 is 15.8 Å². The molecule has 0 spiro atoms. The predicted octanol–water partition coefficient (Wildman–Crippen LogP) is 2.54. The van der Waals surface area contributed by atoms with Crippen molar-refractivity contribution in [3.05, 3.63) is 29.8 Å². The summed E-state index contributed by atoms with van der Waals surface area (Å²) in [6.07, 6.45) is 4.86. The summed E-state index contributed by atoms with van der Waals surface area (Å²) in [5.41, 5.74) is 7.17. The van der Waals surface area contributed by atoms with Crippen LogP contribution in [0.2, 0.25) is 0 Å². The van der Waals surface area contributed by atoms with Gasteiger partial charge in [0, 0.05) is 12.1 Å². The van der Waals surface area contributed by atoms with Crippen molar-refractivity contribution in [1.82, 2.24) is 10.2 Å². The van der Waals surface area contributed by atoms with E-state index in [-0.39, 0.29) is 6.04 Å². The Bertz CT molecular complexity index is 498. The highest BCUT2D eigenvalue weighted by Gasteiger charge is 2.24. The lowest BCUT2D eigenvalue weighted by Gasteiger charge is -2.34. The Morgan fingerprint density at radius 2 is 2.04 bits per heavy atom. The summed E-state index contributed by atoms with van der Waals surface area (Å²) in [4.78, 5) is 7.09. The Hall–Kier alpha value is -1.75. The third-order valence-corrected chi connectivity index (χ3v) is 4.32. The highest BCUT2D eigenvalue weighted by molar-refractivity contribution is 5.77. The van der Waals surface area contributed by atoms with Crippen molar-refractivity contribution in [1.29, 1.82) is 0 Å². The summed E-state index contributed by atoms with van der Waals surface area (Å²) < 4.78 is 5.57. The summed E-state index contributed by atoms with van der Waals surface area (Å²) in [5, 5.41) is 3.15. The van der Waals surface area contributed by atoms with Crippen molar-refractivity contribution < 1.29 is 4.74 Å². The van der Waals surface area contributed by atoms with E-state index in [2.05, 4.69) is 34.3 Å². The number of piperidine rings is 1. The third-order valence-electron chi connectivity index (χ3n) is 4.32. The van der Waals surface area contributed by atoms with Gasteiger partial charge in [0.2, 0.25) is 0 Å². The summed E-state index contributed by atoms with van der Waals surface area (Å²) in [7, 11) is 1.73. The largest absolute Gasteiger partial charge is 0.496 e. The first-order valence-corrected chi connectivity index (χ1v) is 8.67. The number of guanidine groups is 1. The first-order valence-electron chi connectivity index (χ1n) is 8.67. The van der Waals surface area contributed by atoms with Gasteiger partial charge in [-0.25, -0.2) is 0 Å². The third kappa shape index (κ3) is 5.13. The van der Waals surface area contributed by atoms with Gasteiger partial charge in [0.15, 0.2) is 5.96 Å². The van der Waals surface area contributed by atoms with Gasteiger partial charge in [0.25, 0.3) is 0 Å². The van der Waals surface area contributed by atoms with Crippen LogP contribution >= 0.6 is 0 Å². The van der Waals surface area contributed by atoms with Crippen molar-refractivity contribution in [2.75, 3.05) is 33.3 Å². The summed E-state index contributed by atoms with van der Waals surface area (Å²) in [6, 6.07) is 8.46. The second kappa shape index (κ2) is 9.40. The first kappa shape index (κ1) is 17.6. The number of aliphatic imine (C=N–C) groups is 1. The van der Waals surface area contributed by atoms with Gasteiger partial charge in [0.1, 0.15) is 5.75 Å². The van der Waals surface area contributed by atoms with E-state index in [0.29, 0.717) is 12.5 Å². The zero-order chi connectivity index (χ0) is 16.5. The molecule has 1 aliphatic heterocycles. The first-order chi connectivity index (χ1) is 11.3. The fraction of sp³-hybridized carbons (Fsp3) is 0.611. The minimum atomic E-state index is 0.216. The molecule has 0 radical (unpaired) electrons. The molecule has 1 aromatic carbocycles. The second-order valence-electron chi connectivity index (χ2n) is 6.01. The fourth-order valence-corrected chi connectivity index (χ4v) is 3.08. The van der Waals surface area contributed by atoms with E-state index in [0.717, 1.165) is 31.8 Å². The molecule has 0 saturated carbocycles. The average molecular weight is 318 g/mol. The summed E-state index contributed by atoms with van der Waals surface area (Å²) in [5.74, 6) is 1.46. The van der Waals surface area contributed by atoms with Gasteiger partial charge in [0.05, 0.1) is 19.7 Å². The Labute approximate surface area is 139 Å². The number of likely N-dealkylation sites (tertiary alicyclic amines) is 1. The molecule has 2 rings (SSSR count). The number of nitrogens with one attached hydrogen (secondary N) is 1. The molecule has 1 saturated heterocycles. The molecule has 0 amide bonds. The van der Waals surface area contributed by atoms with Gasteiger partial charge >= 0.3 is 0 Å². The smallest absolute Gasteiger partial charge is 0.188 e. The number of rotatable bonds is 7. The normalized spacial score (nSPS) is 17.7. The fourth-order valence-electron chi connectivity index (χ4n) is 3.08. The lowest BCUT2D eigenvalue weighted by atomic mass is 10.0. The van der Waals surface area contributed by atoms with Crippen LogP contribution in [-0.4, -0.2) is 44.1 Å². The number of benzene rings is 1. The van der Waals surface area contributed by atoms with Gasteiger partial charge in [-0.1, -0.05) is 31.5 Å². The Morgan fingerprint density at radius 3 is 2.74 bits per heavy atom. The highest BCUT2D eigenvalue weighted by atomic mass is 16.5. The van der Waals surface area contributed by atoms with Crippen LogP contribution in [-0.2, 0) is 0 Å². The molecular formula is C18H30N4O. The van der Waals surface area contributed by atoms with Crippen molar-refractivity contribution >= 4 is 5.96 Å². The van der Waals surface area contributed by atoms with Crippen LogP contribution in [0.1, 0.15) is 44.2 Å². The van der Waals surface area contributed by atoms with Gasteiger partial charge in [-0.2, -0.15) is 0 Å². The van der Waals surface area contributed by atoms with E-state index in [9.17, 15) is 0 Å². The molecule has 1 fully saturated rings. The van der Waals surface area contributed by atoms with E-state index in [4.69, 9.17) is 10.5 Å². The molecule has 1 heterocycles. The van der Waals surface area contributed by atoms with E-state index < -0.39 is 0 Å². The van der Waals surface area contributed by atoms with Crippen molar-refractivity contribution in [3.8, 4) is 5.75 Å². The second-order valence-corrected chi connectivity index (χ2v) is 6.01. The van der Waals surface area contributed by atoms with Crippen molar-refractivity contribution in [2.45, 2.75) is 38.6 Å². The van der Waals surface area contributed by atoms with Crippen LogP contribution in [0.5, 0.6) is 5.75 Å². The van der Waals surface area contributed by atoms with Gasteiger partial charge in [-0.05, 0) is 38.4 Å². The molecule has 0 aliphatic carbocycles. The van der Waals surface area contributed by atoms with Crippen molar-refractivity contribution in [3.63, 3.8) is 0 Å². The van der Waals surface area contributed by atoms with Crippen LogP contribution in [0.4, 0.5) is 0 Å². The van der Waals surface area contributed by atoms with Gasteiger partial charge in [-0.3, -0.25) is 9.89 Å². The number of methoxy groups -OCH3 is 1. The van der Waals surface area contributed by atoms with Crippen LogP contribution in [0.25, 0.3) is 0 Å². The maximum atomic E-state index is 5.98. The molecule has 0 aromatic heterocycles. The number of hydrogen-bond acceptors (Lipinski definition) is 3. The molecular weight excluding hydrogens is 288 g/mol. The average Bonchev–Trinajstić information content (AvgIpc) is 2.61. The minimum Gasteiger partial charge on any atom is -0.496 e. The molecule has 1 atom stereocenters. The predicted molar refractivity (Wildman–Crippen MR) is 95.9 cm³/mol. The Balaban J connectivity index is 2.17. The zero-order valence-corrected chi connectivity index (χ0v) is 14.4. The van der Waals surface area contributed by atoms with Gasteiger partial charge < -0.3 is 15.8 Å². The van der Waals surface area contributed by atoms with E-state index >= 15 is 0 Å². The summed E-state index contributed by atoms with van der Waals surface area (Å²) >= 11 is 0. The SMILES string of the molecule is CCCNC(N)=NCC(c1ccccc1OC)N1CCCCC1. The number of para-hydroxylation sites is 1. The Morgan fingerprint density at radius 1 is 1.30 bits per heavy atom. The summed E-state index contributed by atoms with van der Waals surface area (Å²) in [6.45, 7) is 5.86. The maximum absolute atomic E-state index is 5.98. The molecule has 5 heteroatoms. The van der Waals surface area contributed by atoms with E-state index in [1.807, 2.05) is 12.1 Å². The molecule has 3 N–H and O–H groups in total. The quantitative estimate of drug-likeness (QED) is 0.599. The van der Waals surface area contributed by atoms with Gasteiger partial charge in [-0.15, -0.1) is 0 Å². The molecule has 1 unspecified atom stereocenters. The number of nitrogens with two attached hydrogens (primary N) is 1. The molecule has 0 bridgehead atoms. The molecule has 5 nitrogen and oxygen atoms in total.